The molecular formula is C21H24N2O3. The molecule has 0 aliphatic carbocycles. The van der Waals surface area contributed by atoms with Crippen molar-refractivity contribution in [2.45, 2.75) is 19.3 Å². The minimum absolute atomic E-state index is 0.104. The van der Waals surface area contributed by atoms with Gasteiger partial charge in [0.15, 0.2) is 0 Å². The van der Waals surface area contributed by atoms with E-state index in [9.17, 15) is 9.59 Å². The lowest BCUT2D eigenvalue weighted by Gasteiger charge is -2.32. The molecule has 0 radical (unpaired) electrons. The number of anilines is 1. The molecule has 2 amide bonds. The second-order valence-electron chi connectivity index (χ2n) is 6.54. The van der Waals surface area contributed by atoms with E-state index in [0.717, 1.165) is 18.4 Å². The van der Waals surface area contributed by atoms with Crippen molar-refractivity contribution in [3.8, 4) is 5.75 Å². The van der Waals surface area contributed by atoms with E-state index >= 15 is 0 Å². The van der Waals surface area contributed by atoms with Gasteiger partial charge in [-0.05, 0) is 30.5 Å². The fraction of sp³-hybridized carbons (Fsp3) is 0.333. The molecule has 1 N–H and O–H groups in total. The second-order valence-corrected chi connectivity index (χ2v) is 6.54. The van der Waals surface area contributed by atoms with Gasteiger partial charge in [0, 0.05) is 25.4 Å². The van der Waals surface area contributed by atoms with Crippen molar-refractivity contribution < 1.29 is 14.3 Å². The highest BCUT2D eigenvalue weighted by molar-refractivity contribution is 5.92. The molecule has 0 bridgehead atoms. The minimum Gasteiger partial charge on any atom is -0.495 e. The summed E-state index contributed by atoms with van der Waals surface area (Å²) < 4.78 is 5.27. The van der Waals surface area contributed by atoms with E-state index in [4.69, 9.17) is 4.74 Å². The third-order valence-corrected chi connectivity index (χ3v) is 4.73. The summed E-state index contributed by atoms with van der Waals surface area (Å²) in [7, 11) is 1.57. The van der Waals surface area contributed by atoms with Crippen LogP contribution in [0, 0.1) is 5.92 Å². The molecule has 1 unspecified atom stereocenters. The third kappa shape index (κ3) is 4.42. The van der Waals surface area contributed by atoms with Crippen LogP contribution in [0.15, 0.2) is 54.6 Å². The van der Waals surface area contributed by atoms with Gasteiger partial charge in [0.25, 0.3) is 0 Å². The van der Waals surface area contributed by atoms with Gasteiger partial charge in [0.1, 0.15) is 11.5 Å². The maximum absolute atomic E-state index is 12.6. The Bertz CT molecular complexity index is 761. The van der Waals surface area contributed by atoms with Crippen molar-refractivity contribution >= 4 is 17.5 Å². The summed E-state index contributed by atoms with van der Waals surface area (Å²) in [5.41, 5.74) is 1.66. The number of carbonyl (C=O) groups is 2. The fourth-order valence-corrected chi connectivity index (χ4v) is 3.31. The number of methoxy groups -OCH3 is 1. The Labute approximate surface area is 154 Å². The molecule has 5 heteroatoms. The van der Waals surface area contributed by atoms with Crippen molar-refractivity contribution in [3.63, 3.8) is 0 Å². The summed E-state index contributed by atoms with van der Waals surface area (Å²) in [4.78, 5) is 27.0. The van der Waals surface area contributed by atoms with Gasteiger partial charge in [-0.2, -0.15) is 0 Å². The van der Waals surface area contributed by atoms with Crippen LogP contribution in [0.25, 0.3) is 0 Å². The zero-order valence-electron chi connectivity index (χ0n) is 15.0. The first-order valence-electron chi connectivity index (χ1n) is 8.93. The van der Waals surface area contributed by atoms with Crippen LogP contribution in [0.1, 0.15) is 18.4 Å². The predicted molar refractivity (Wildman–Crippen MR) is 101 cm³/mol. The van der Waals surface area contributed by atoms with Crippen molar-refractivity contribution in [2.24, 2.45) is 5.92 Å². The fourth-order valence-electron chi connectivity index (χ4n) is 3.31. The normalized spacial score (nSPS) is 16.8. The highest BCUT2D eigenvalue weighted by Gasteiger charge is 2.28. The van der Waals surface area contributed by atoms with Gasteiger partial charge in [0.05, 0.1) is 12.8 Å². The number of amides is 2. The molecule has 2 aromatic rings. The van der Waals surface area contributed by atoms with Crippen LogP contribution in [-0.4, -0.2) is 36.9 Å². The van der Waals surface area contributed by atoms with Gasteiger partial charge >= 0.3 is 6.03 Å². The number of piperidine rings is 1. The zero-order chi connectivity index (χ0) is 18.4. The number of hydrogen-bond acceptors (Lipinski definition) is 3. The third-order valence-electron chi connectivity index (χ3n) is 4.73. The van der Waals surface area contributed by atoms with Crippen molar-refractivity contribution in [3.05, 3.63) is 60.2 Å². The standard InChI is InChI=1S/C21H24N2O3/c1-26-20-12-6-5-11-18(20)22-21(25)23-13-7-10-17(15-23)19(24)14-16-8-3-2-4-9-16/h2-6,8-9,11-12,17H,7,10,13-15H2,1H3,(H,22,25). The molecule has 0 spiro atoms. The molecule has 136 valence electrons. The van der Waals surface area contributed by atoms with Crippen LogP contribution in [0.5, 0.6) is 5.75 Å². The number of urea groups is 1. The molecule has 1 aliphatic heterocycles. The maximum Gasteiger partial charge on any atom is 0.321 e. The van der Waals surface area contributed by atoms with Crippen molar-refractivity contribution in [1.29, 1.82) is 0 Å². The van der Waals surface area contributed by atoms with Crippen LogP contribution in [0.4, 0.5) is 10.5 Å². The van der Waals surface area contributed by atoms with Crippen LogP contribution in [0.3, 0.4) is 0 Å². The van der Waals surface area contributed by atoms with Gasteiger partial charge < -0.3 is 15.0 Å². The number of ether oxygens (including phenoxy) is 1. The molecule has 1 atom stereocenters. The Morgan fingerprint density at radius 3 is 2.62 bits per heavy atom. The summed E-state index contributed by atoms with van der Waals surface area (Å²) in [6.45, 7) is 1.13. The minimum atomic E-state index is -0.188. The average Bonchev–Trinajstić information content (AvgIpc) is 2.69. The largest absolute Gasteiger partial charge is 0.495 e. The molecule has 26 heavy (non-hydrogen) atoms. The SMILES string of the molecule is COc1ccccc1NC(=O)N1CCCC(C(=O)Cc2ccccc2)C1. The molecule has 0 saturated carbocycles. The summed E-state index contributed by atoms with van der Waals surface area (Å²) in [5, 5.41) is 2.89. The van der Waals surface area contributed by atoms with E-state index in [1.165, 1.54) is 0 Å². The number of rotatable bonds is 5. The number of likely N-dealkylation sites (tertiary alicyclic amines) is 1. The summed E-state index contributed by atoms with van der Waals surface area (Å²) in [6.07, 6.45) is 2.10. The van der Waals surface area contributed by atoms with Gasteiger partial charge in [-0.3, -0.25) is 4.79 Å². The molecule has 1 saturated heterocycles. The first-order chi connectivity index (χ1) is 12.7. The van der Waals surface area contributed by atoms with Gasteiger partial charge in [0.2, 0.25) is 0 Å². The van der Waals surface area contributed by atoms with Gasteiger partial charge in [-0.1, -0.05) is 42.5 Å². The Balaban J connectivity index is 1.60. The molecule has 2 aromatic carbocycles. The molecular weight excluding hydrogens is 328 g/mol. The molecule has 3 rings (SSSR count). The molecule has 5 nitrogen and oxygen atoms in total. The smallest absolute Gasteiger partial charge is 0.321 e. The van der Waals surface area contributed by atoms with E-state index in [1.807, 2.05) is 42.5 Å². The molecule has 0 aromatic heterocycles. The second kappa shape index (κ2) is 8.52. The van der Waals surface area contributed by atoms with Crippen molar-refractivity contribution in [2.75, 3.05) is 25.5 Å². The number of nitrogens with one attached hydrogen (secondary N) is 1. The number of Topliss-reactive ketones (excluding diaryl/α,β-unsaturated/α-hetero) is 1. The Kier molecular flexibility index (Phi) is 5.89. The zero-order valence-corrected chi connectivity index (χ0v) is 15.0. The average molecular weight is 352 g/mol. The van der Waals surface area contributed by atoms with E-state index < -0.39 is 0 Å². The quantitative estimate of drug-likeness (QED) is 0.891. The van der Waals surface area contributed by atoms with E-state index in [0.29, 0.717) is 30.9 Å². The Morgan fingerprint density at radius 1 is 1.12 bits per heavy atom. The first kappa shape index (κ1) is 18.0. The van der Waals surface area contributed by atoms with Gasteiger partial charge in [-0.25, -0.2) is 4.79 Å². The van der Waals surface area contributed by atoms with Gasteiger partial charge in [-0.15, -0.1) is 0 Å². The van der Waals surface area contributed by atoms with E-state index in [-0.39, 0.29) is 17.7 Å². The molecule has 1 aliphatic rings. The topological polar surface area (TPSA) is 58.6 Å². The Morgan fingerprint density at radius 2 is 1.85 bits per heavy atom. The van der Waals surface area contributed by atoms with E-state index in [1.54, 1.807) is 24.1 Å². The number of ketones is 1. The predicted octanol–water partition coefficient (Wildman–Crippen LogP) is 3.75. The first-order valence-corrected chi connectivity index (χ1v) is 8.93. The summed E-state index contributed by atoms with van der Waals surface area (Å²) in [6, 6.07) is 16.9. The lowest BCUT2D eigenvalue weighted by atomic mass is 9.90. The number of benzene rings is 2. The number of carbonyl (C=O) groups excluding carboxylic acids is 2. The number of nitrogens with zero attached hydrogens (tertiary/aromatic N) is 1. The number of hydrogen-bond donors (Lipinski definition) is 1. The summed E-state index contributed by atoms with van der Waals surface area (Å²) in [5.74, 6) is 0.716. The van der Waals surface area contributed by atoms with Crippen molar-refractivity contribution in [1.82, 2.24) is 4.90 Å². The lowest BCUT2D eigenvalue weighted by Crippen LogP contribution is -2.44. The monoisotopic (exact) mass is 352 g/mol. The highest BCUT2D eigenvalue weighted by Crippen LogP contribution is 2.25. The highest BCUT2D eigenvalue weighted by atomic mass is 16.5. The number of para-hydroxylation sites is 2. The van der Waals surface area contributed by atoms with E-state index in [2.05, 4.69) is 5.32 Å². The summed E-state index contributed by atoms with van der Waals surface area (Å²) >= 11 is 0. The molecule has 1 heterocycles. The Hall–Kier alpha value is -2.82. The lowest BCUT2D eigenvalue weighted by molar-refractivity contribution is -0.123. The van der Waals surface area contributed by atoms with Crippen LogP contribution < -0.4 is 10.1 Å². The van der Waals surface area contributed by atoms with Crippen LogP contribution in [0.2, 0.25) is 0 Å². The maximum atomic E-state index is 12.6. The van der Waals surface area contributed by atoms with Crippen LogP contribution >= 0.6 is 0 Å². The molecule has 1 fully saturated rings. The van der Waals surface area contributed by atoms with Crippen LogP contribution in [-0.2, 0) is 11.2 Å².